The van der Waals surface area contributed by atoms with Crippen LogP contribution in [0.15, 0.2) is 17.1 Å². The van der Waals surface area contributed by atoms with Gasteiger partial charge in [-0.1, -0.05) is 6.92 Å². The lowest BCUT2D eigenvalue weighted by Gasteiger charge is -2.36. The molecule has 3 rings (SSSR count). The normalized spacial score (nSPS) is 39.2. The minimum absolute atomic E-state index is 0.0215. The second kappa shape index (κ2) is 5.83. The number of rotatable bonds is 2. The van der Waals surface area contributed by atoms with Crippen LogP contribution >= 0.6 is 30.2 Å². The molecule has 0 spiro atoms. The van der Waals surface area contributed by atoms with Crippen molar-refractivity contribution in [2.75, 3.05) is 6.16 Å². The average Bonchev–Trinajstić information content (AvgIpc) is 2.71. The number of nitrogens with zero attached hydrogens (tertiary/aromatic N) is 2. The van der Waals surface area contributed by atoms with Crippen molar-refractivity contribution in [3.05, 3.63) is 26.4 Å². The molecule has 0 radical (unpaired) electrons. The van der Waals surface area contributed by atoms with Gasteiger partial charge in [0.2, 0.25) is 6.23 Å². The van der Waals surface area contributed by atoms with Crippen molar-refractivity contribution in [2.45, 2.75) is 44.3 Å². The molecule has 2 fully saturated rings. The van der Waals surface area contributed by atoms with Crippen LogP contribution in [0.3, 0.4) is 0 Å². The molecule has 1 aromatic rings. The second-order valence-corrected chi connectivity index (χ2v) is 8.71. The first-order valence-corrected chi connectivity index (χ1v) is 9.72. The van der Waals surface area contributed by atoms with Gasteiger partial charge in [-0.2, -0.15) is 13.8 Å². The zero-order valence-corrected chi connectivity index (χ0v) is 15.2. The Hall–Kier alpha value is -0.420. The average molecular weight is 462 g/mol. The molecule has 0 bridgehead atoms. The summed E-state index contributed by atoms with van der Waals surface area (Å²) < 4.78 is 58.5. The summed E-state index contributed by atoms with van der Waals surface area (Å²) in [7, 11) is -3.60. The lowest BCUT2D eigenvalue weighted by Crippen LogP contribution is -2.47. The molecule has 7 nitrogen and oxygen atoms in total. The molecule has 23 heavy (non-hydrogen) atoms. The number of aromatic nitrogens is 2. The van der Waals surface area contributed by atoms with Crippen LogP contribution in [0.2, 0.25) is 0 Å². The fourth-order valence-electron chi connectivity index (χ4n) is 2.64. The number of fused-ring (bicyclic) bond motifs is 1. The molecule has 0 aliphatic carbocycles. The molecule has 0 aromatic carbocycles. The first-order chi connectivity index (χ1) is 10.7. The van der Waals surface area contributed by atoms with Gasteiger partial charge in [-0.05, 0) is 35.6 Å². The van der Waals surface area contributed by atoms with Crippen molar-refractivity contribution < 1.29 is 27.1 Å². The molecular formula is C12H14F2IN2O5P. The maximum Gasteiger partial charge on any atom is 0.350 e. The van der Waals surface area contributed by atoms with Gasteiger partial charge in [0.25, 0.3) is 0 Å². The number of alkyl halides is 2. The van der Waals surface area contributed by atoms with E-state index < -0.39 is 43.7 Å². The van der Waals surface area contributed by atoms with Gasteiger partial charge in [0, 0.05) is 12.4 Å². The monoisotopic (exact) mass is 462 g/mol. The molecule has 0 saturated carbocycles. The number of hydrogen-bond acceptors (Lipinski definition) is 6. The highest BCUT2D eigenvalue weighted by atomic mass is 127. The lowest BCUT2D eigenvalue weighted by molar-refractivity contribution is -0.136. The molecule has 5 atom stereocenters. The van der Waals surface area contributed by atoms with Crippen molar-refractivity contribution in [3.63, 3.8) is 0 Å². The van der Waals surface area contributed by atoms with Gasteiger partial charge in [-0.15, -0.1) is 0 Å². The van der Waals surface area contributed by atoms with Crippen molar-refractivity contribution in [1.82, 2.24) is 9.55 Å². The van der Waals surface area contributed by atoms with E-state index in [2.05, 4.69) is 4.98 Å². The molecule has 2 aliphatic heterocycles. The Morgan fingerprint density at radius 3 is 2.78 bits per heavy atom. The fraction of sp³-hybridized carbons (Fsp3) is 0.667. The Morgan fingerprint density at radius 2 is 2.17 bits per heavy atom. The summed E-state index contributed by atoms with van der Waals surface area (Å²) in [5, 5.41) is 0. The first-order valence-electron chi connectivity index (χ1n) is 6.92. The maximum atomic E-state index is 14.7. The van der Waals surface area contributed by atoms with E-state index >= 15 is 0 Å². The van der Waals surface area contributed by atoms with Crippen LogP contribution < -0.4 is 5.69 Å². The zero-order chi connectivity index (χ0) is 17.0. The summed E-state index contributed by atoms with van der Waals surface area (Å²) >= 11 is 1.81. The summed E-state index contributed by atoms with van der Waals surface area (Å²) in [6.07, 6.45) is -4.43. The molecule has 2 aliphatic rings. The number of hydrogen-bond donors (Lipinski definition) is 0. The Morgan fingerprint density at radius 1 is 1.48 bits per heavy atom. The summed E-state index contributed by atoms with van der Waals surface area (Å²) in [4.78, 5) is 15.5. The fourth-order valence-corrected chi connectivity index (χ4v) is 4.59. The van der Waals surface area contributed by atoms with E-state index in [1.54, 1.807) is 22.6 Å². The van der Waals surface area contributed by atoms with Crippen LogP contribution in [-0.4, -0.2) is 39.9 Å². The van der Waals surface area contributed by atoms with Gasteiger partial charge < -0.3 is 9.26 Å². The predicted molar refractivity (Wildman–Crippen MR) is 83.6 cm³/mol. The third-order valence-corrected chi connectivity index (χ3v) is 6.37. The quantitative estimate of drug-likeness (QED) is 0.382. The van der Waals surface area contributed by atoms with Crippen molar-refractivity contribution in [1.29, 1.82) is 0 Å². The van der Waals surface area contributed by atoms with Crippen LogP contribution in [0.25, 0.3) is 0 Å². The van der Waals surface area contributed by atoms with Crippen molar-refractivity contribution in [3.8, 4) is 0 Å². The van der Waals surface area contributed by atoms with Crippen LogP contribution in [0.1, 0.15) is 20.1 Å². The second-order valence-electron chi connectivity index (χ2n) is 5.33. The van der Waals surface area contributed by atoms with Gasteiger partial charge >= 0.3 is 19.2 Å². The van der Waals surface area contributed by atoms with Crippen LogP contribution in [-0.2, 0) is 18.3 Å². The van der Waals surface area contributed by atoms with Gasteiger partial charge in [-0.25, -0.2) is 4.79 Å². The third kappa shape index (κ3) is 2.88. The first kappa shape index (κ1) is 17.4. The van der Waals surface area contributed by atoms with Crippen LogP contribution in [0.5, 0.6) is 0 Å². The zero-order valence-electron chi connectivity index (χ0n) is 12.2. The topological polar surface area (TPSA) is 79.7 Å². The van der Waals surface area contributed by atoms with E-state index in [4.69, 9.17) is 13.8 Å². The SMILES string of the molecule is CCP1(=O)OC(C)[C@H]2O[C@@H](n3ccc(I)nc3=O)C(F)(F)[C@@H]2O1. The van der Waals surface area contributed by atoms with Crippen LogP contribution in [0.4, 0.5) is 8.78 Å². The summed E-state index contributed by atoms with van der Waals surface area (Å²) in [5.41, 5.74) is -0.854. The molecule has 1 aromatic heterocycles. The van der Waals surface area contributed by atoms with Gasteiger partial charge in [0.1, 0.15) is 9.80 Å². The molecule has 2 unspecified atom stereocenters. The van der Waals surface area contributed by atoms with E-state index in [0.29, 0.717) is 8.27 Å². The molecule has 3 heterocycles. The molecule has 0 amide bonds. The standard InChI is InChI=1S/C12H14F2IN2O5P/c1-3-23(19)21-6(2)8-9(22-23)12(13,14)10(20-8)17-5-4-7(15)16-11(17)18/h4-6,8-10H,3H2,1-2H3/t6?,8-,9-,10-,23?/m1/s1. The predicted octanol–water partition coefficient (Wildman–Crippen LogP) is 2.40. The highest BCUT2D eigenvalue weighted by Crippen LogP contribution is 2.60. The van der Waals surface area contributed by atoms with E-state index in [0.717, 1.165) is 0 Å². The number of ether oxygens (including phenoxy) is 1. The van der Waals surface area contributed by atoms with Crippen molar-refractivity contribution >= 4 is 30.2 Å². The smallest absolute Gasteiger partial charge is 0.343 e. The molecule has 2 saturated heterocycles. The minimum atomic E-state index is -3.60. The summed E-state index contributed by atoms with van der Waals surface area (Å²) in [6, 6.07) is 1.42. The largest absolute Gasteiger partial charge is 0.350 e. The van der Waals surface area contributed by atoms with E-state index in [1.165, 1.54) is 26.1 Å². The molecule has 128 valence electrons. The lowest BCUT2D eigenvalue weighted by atomic mass is 10.1. The maximum absolute atomic E-state index is 14.7. The Balaban J connectivity index is 2.00. The van der Waals surface area contributed by atoms with Gasteiger partial charge in [0.15, 0.2) is 6.10 Å². The minimum Gasteiger partial charge on any atom is -0.343 e. The van der Waals surface area contributed by atoms with E-state index in [1.807, 2.05) is 0 Å². The Labute approximate surface area is 144 Å². The van der Waals surface area contributed by atoms with Crippen LogP contribution in [0, 0.1) is 3.70 Å². The summed E-state index contributed by atoms with van der Waals surface area (Å²) in [5.74, 6) is -3.55. The molecular weight excluding hydrogens is 448 g/mol. The highest BCUT2D eigenvalue weighted by Gasteiger charge is 2.66. The Bertz CT molecular complexity index is 730. The highest BCUT2D eigenvalue weighted by molar-refractivity contribution is 14.1. The third-order valence-electron chi connectivity index (χ3n) is 3.79. The Kier molecular flexibility index (Phi) is 4.41. The van der Waals surface area contributed by atoms with Crippen molar-refractivity contribution in [2.24, 2.45) is 0 Å². The van der Waals surface area contributed by atoms with Gasteiger partial charge in [0.05, 0.1) is 6.10 Å². The van der Waals surface area contributed by atoms with Gasteiger partial charge in [-0.3, -0.25) is 13.7 Å². The van der Waals surface area contributed by atoms with E-state index in [9.17, 15) is 18.1 Å². The van der Waals surface area contributed by atoms with E-state index in [-0.39, 0.29) is 6.16 Å². The summed E-state index contributed by atoms with van der Waals surface area (Å²) in [6.45, 7) is 3.03. The molecule has 0 N–H and O–H groups in total. The number of halogens is 3. The molecule has 11 heteroatoms.